The molecule has 1 fully saturated rings. The van der Waals surface area contributed by atoms with Gasteiger partial charge in [0, 0.05) is 13.1 Å². The van der Waals surface area contributed by atoms with E-state index in [-0.39, 0.29) is 23.9 Å². The number of nitro groups is 1. The van der Waals surface area contributed by atoms with Crippen LogP contribution in [-0.2, 0) is 11.2 Å². The Bertz CT molecular complexity index is 1100. The number of aromatic nitrogens is 2. The number of ether oxygens (including phenoxy) is 1. The fourth-order valence-electron chi connectivity index (χ4n) is 3.99. The van der Waals surface area contributed by atoms with E-state index in [0.717, 1.165) is 19.3 Å². The number of hydrogen-bond acceptors (Lipinski definition) is 8. The minimum atomic E-state index is -0.527. The smallest absolute Gasteiger partial charge is 0.355 e. The molecule has 10 nitrogen and oxygen atoms in total. The minimum Gasteiger partial charge on any atom is -0.484 e. The number of hydrazine groups is 1. The highest BCUT2D eigenvalue weighted by Crippen LogP contribution is 2.34. The van der Waals surface area contributed by atoms with Crippen LogP contribution in [0.2, 0.25) is 0 Å². The summed E-state index contributed by atoms with van der Waals surface area (Å²) in [6.07, 6.45) is 4.07. The molecular formula is C24H26N6O4. The van der Waals surface area contributed by atoms with E-state index in [1.165, 1.54) is 11.9 Å². The van der Waals surface area contributed by atoms with Gasteiger partial charge in [0.05, 0.1) is 4.92 Å². The molecule has 2 aromatic carbocycles. The summed E-state index contributed by atoms with van der Waals surface area (Å²) in [5.41, 5.74) is 5.98. The SMILES string of the molecule is O=C(COc1ccccc1)NNc1ncnc(N2CCC(Cc3ccccc3)CC2)c1[N+](=O)[O-]. The fraction of sp³-hybridized carbons (Fsp3) is 0.292. The second kappa shape index (κ2) is 11.1. The van der Waals surface area contributed by atoms with E-state index in [1.54, 1.807) is 24.3 Å². The number of anilines is 2. The van der Waals surface area contributed by atoms with Crippen molar-refractivity contribution in [2.75, 3.05) is 30.0 Å². The summed E-state index contributed by atoms with van der Waals surface area (Å²) < 4.78 is 5.38. The van der Waals surface area contributed by atoms with Gasteiger partial charge in [0.1, 0.15) is 12.1 Å². The number of para-hydroxylation sites is 1. The van der Waals surface area contributed by atoms with Crippen LogP contribution in [0.15, 0.2) is 67.0 Å². The van der Waals surface area contributed by atoms with Crippen molar-refractivity contribution in [2.24, 2.45) is 5.92 Å². The Morgan fingerprint density at radius 2 is 1.74 bits per heavy atom. The van der Waals surface area contributed by atoms with Gasteiger partial charge in [0.25, 0.3) is 5.91 Å². The highest BCUT2D eigenvalue weighted by Gasteiger charge is 2.30. The Morgan fingerprint density at radius 3 is 2.41 bits per heavy atom. The van der Waals surface area contributed by atoms with E-state index < -0.39 is 10.8 Å². The molecular weight excluding hydrogens is 436 g/mol. The summed E-state index contributed by atoms with van der Waals surface area (Å²) >= 11 is 0. The first-order valence-electron chi connectivity index (χ1n) is 11.1. The number of carbonyl (C=O) groups excluding carboxylic acids is 1. The average molecular weight is 463 g/mol. The Kier molecular flexibility index (Phi) is 7.49. The molecule has 2 N–H and O–H groups in total. The van der Waals surface area contributed by atoms with Crippen molar-refractivity contribution >= 4 is 23.2 Å². The molecule has 10 heteroatoms. The van der Waals surface area contributed by atoms with Crippen molar-refractivity contribution in [3.8, 4) is 5.75 Å². The molecule has 3 aromatic rings. The number of piperidine rings is 1. The van der Waals surface area contributed by atoms with Crippen LogP contribution in [-0.4, -0.2) is 40.5 Å². The first-order chi connectivity index (χ1) is 16.6. The molecule has 1 aromatic heterocycles. The normalized spacial score (nSPS) is 13.8. The average Bonchev–Trinajstić information content (AvgIpc) is 2.87. The zero-order chi connectivity index (χ0) is 23.8. The summed E-state index contributed by atoms with van der Waals surface area (Å²) in [6.45, 7) is 1.07. The molecule has 1 saturated heterocycles. The molecule has 1 amide bonds. The van der Waals surface area contributed by atoms with Gasteiger partial charge in [-0.1, -0.05) is 48.5 Å². The third-order valence-electron chi connectivity index (χ3n) is 5.70. The van der Waals surface area contributed by atoms with Crippen LogP contribution < -0.4 is 20.5 Å². The number of nitrogens with one attached hydrogen (secondary N) is 2. The lowest BCUT2D eigenvalue weighted by Crippen LogP contribution is -2.36. The number of nitrogens with zero attached hydrogens (tertiary/aromatic N) is 4. The van der Waals surface area contributed by atoms with Gasteiger partial charge in [0.2, 0.25) is 11.6 Å². The van der Waals surface area contributed by atoms with Crippen LogP contribution >= 0.6 is 0 Å². The maximum Gasteiger partial charge on any atom is 0.355 e. The Balaban J connectivity index is 1.36. The lowest BCUT2D eigenvalue weighted by molar-refractivity contribution is -0.383. The van der Waals surface area contributed by atoms with Crippen molar-refractivity contribution in [1.29, 1.82) is 0 Å². The number of rotatable bonds is 9. The molecule has 0 unspecified atom stereocenters. The first kappa shape index (κ1) is 23.0. The van der Waals surface area contributed by atoms with Gasteiger partial charge in [-0.25, -0.2) is 9.97 Å². The second-order valence-electron chi connectivity index (χ2n) is 8.05. The van der Waals surface area contributed by atoms with Gasteiger partial charge in [-0.2, -0.15) is 0 Å². The highest BCUT2D eigenvalue weighted by atomic mass is 16.6. The van der Waals surface area contributed by atoms with Gasteiger partial charge in [-0.05, 0) is 42.9 Å². The molecule has 0 atom stereocenters. The van der Waals surface area contributed by atoms with Crippen LogP contribution in [0.4, 0.5) is 17.3 Å². The molecule has 0 aliphatic carbocycles. The Labute approximate surface area is 197 Å². The summed E-state index contributed by atoms with van der Waals surface area (Å²) in [5, 5.41) is 11.9. The third-order valence-corrected chi connectivity index (χ3v) is 5.70. The van der Waals surface area contributed by atoms with Gasteiger partial charge in [-0.15, -0.1) is 0 Å². The van der Waals surface area contributed by atoms with Crippen LogP contribution in [0.3, 0.4) is 0 Å². The summed E-state index contributed by atoms with van der Waals surface area (Å²) in [7, 11) is 0. The first-order valence-corrected chi connectivity index (χ1v) is 11.1. The van der Waals surface area contributed by atoms with Gasteiger partial charge in [0.15, 0.2) is 6.61 Å². The molecule has 0 spiro atoms. The molecule has 176 valence electrons. The number of carbonyl (C=O) groups is 1. The van der Waals surface area contributed by atoms with E-state index in [0.29, 0.717) is 24.8 Å². The van der Waals surface area contributed by atoms with Gasteiger partial charge in [-0.3, -0.25) is 25.8 Å². The molecule has 34 heavy (non-hydrogen) atoms. The van der Waals surface area contributed by atoms with Crippen molar-refractivity contribution in [3.05, 3.63) is 82.7 Å². The van der Waals surface area contributed by atoms with E-state index >= 15 is 0 Å². The standard InChI is InChI=1S/C24H26N6O4/c31-21(16-34-20-9-5-2-6-10-20)27-28-23-22(30(32)33)24(26-17-25-23)29-13-11-19(12-14-29)15-18-7-3-1-4-8-18/h1-10,17,19H,11-16H2,(H,27,31)(H,25,26,28). The minimum absolute atomic E-state index is 0.0746. The van der Waals surface area contributed by atoms with Crippen LogP contribution in [0, 0.1) is 16.0 Å². The van der Waals surface area contributed by atoms with Gasteiger partial charge < -0.3 is 9.64 Å². The van der Waals surface area contributed by atoms with Crippen LogP contribution in [0.5, 0.6) is 5.75 Å². The number of hydrogen-bond donors (Lipinski definition) is 2. The van der Waals surface area contributed by atoms with Crippen LogP contribution in [0.1, 0.15) is 18.4 Å². The zero-order valence-corrected chi connectivity index (χ0v) is 18.6. The van der Waals surface area contributed by atoms with E-state index in [2.05, 4.69) is 33.0 Å². The van der Waals surface area contributed by atoms with Crippen molar-refractivity contribution < 1.29 is 14.5 Å². The van der Waals surface area contributed by atoms with Crippen molar-refractivity contribution in [1.82, 2.24) is 15.4 Å². The van der Waals surface area contributed by atoms with E-state index in [4.69, 9.17) is 4.74 Å². The molecule has 2 heterocycles. The van der Waals surface area contributed by atoms with E-state index in [9.17, 15) is 14.9 Å². The molecule has 0 saturated carbocycles. The quantitative estimate of drug-likeness (QED) is 0.367. The third kappa shape index (κ3) is 5.97. The predicted octanol–water partition coefficient (Wildman–Crippen LogP) is 3.37. The van der Waals surface area contributed by atoms with Crippen molar-refractivity contribution in [2.45, 2.75) is 19.3 Å². The second-order valence-corrected chi connectivity index (χ2v) is 8.05. The van der Waals surface area contributed by atoms with Gasteiger partial charge >= 0.3 is 5.69 Å². The molecule has 4 rings (SSSR count). The van der Waals surface area contributed by atoms with Crippen LogP contribution in [0.25, 0.3) is 0 Å². The van der Waals surface area contributed by atoms with E-state index in [1.807, 2.05) is 29.2 Å². The molecule has 0 radical (unpaired) electrons. The fourth-order valence-corrected chi connectivity index (χ4v) is 3.99. The zero-order valence-electron chi connectivity index (χ0n) is 18.6. The molecule has 0 bridgehead atoms. The lowest BCUT2D eigenvalue weighted by Gasteiger charge is -2.32. The molecule has 1 aliphatic heterocycles. The highest BCUT2D eigenvalue weighted by molar-refractivity contribution is 5.80. The summed E-state index contributed by atoms with van der Waals surface area (Å²) in [5.74, 6) is 0.731. The van der Waals surface area contributed by atoms with Crippen molar-refractivity contribution in [3.63, 3.8) is 0 Å². The topological polar surface area (TPSA) is 123 Å². The molecule has 1 aliphatic rings. The lowest BCUT2D eigenvalue weighted by atomic mass is 9.90. The largest absolute Gasteiger partial charge is 0.484 e. The maximum absolute atomic E-state index is 12.1. The number of amides is 1. The Hall–Kier alpha value is -4.21. The Morgan fingerprint density at radius 1 is 1.06 bits per heavy atom. The monoisotopic (exact) mass is 462 g/mol. The number of benzene rings is 2. The summed E-state index contributed by atoms with van der Waals surface area (Å²) in [6, 6.07) is 19.2. The predicted molar refractivity (Wildman–Crippen MR) is 127 cm³/mol. The summed E-state index contributed by atoms with van der Waals surface area (Å²) in [4.78, 5) is 33.5. The maximum atomic E-state index is 12.1.